The van der Waals surface area contributed by atoms with Crippen molar-refractivity contribution >= 4 is 25.9 Å². The molecule has 252 valence electrons. The van der Waals surface area contributed by atoms with Gasteiger partial charge in [0.25, 0.3) is 0 Å². The number of rotatable bonds is 8. The molecule has 0 aliphatic rings. The van der Waals surface area contributed by atoms with Gasteiger partial charge in [-0.15, -0.1) is 0 Å². The lowest BCUT2D eigenvalue weighted by atomic mass is 10.1. The minimum atomic E-state index is -2.18. The van der Waals surface area contributed by atoms with Gasteiger partial charge in [-0.2, -0.15) is 0 Å². The largest absolute Gasteiger partial charge is 0.805 e. The summed E-state index contributed by atoms with van der Waals surface area (Å²) in [7, 11) is -2.18. The molecular formula is C39H42N4O5P+. The fraction of sp³-hybridized carbons (Fsp3) is 0.103. The number of para-hydroxylation sites is 4. The highest BCUT2D eigenvalue weighted by molar-refractivity contribution is 7.34. The fourth-order valence-electron chi connectivity index (χ4n) is 3.55. The van der Waals surface area contributed by atoms with Crippen molar-refractivity contribution < 1.29 is 23.5 Å². The fourth-order valence-corrected chi connectivity index (χ4v) is 4.18. The molecule has 0 spiro atoms. The topological polar surface area (TPSA) is 137 Å². The minimum absolute atomic E-state index is 0.250. The van der Waals surface area contributed by atoms with Crippen LogP contribution in [0.25, 0.3) is 0 Å². The molecule has 2 heterocycles. The van der Waals surface area contributed by atoms with Gasteiger partial charge in [0.15, 0.2) is 17.8 Å². The zero-order chi connectivity index (χ0) is 35.4. The van der Waals surface area contributed by atoms with Crippen LogP contribution in [0.3, 0.4) is 0 Å². The number of aldehydes is 1. The average Bonchev–Trinajstić information content (AvgIpc) is 3.15. The quantitative estimate of drug-likeness (QED) is 0.0818. The summed E-state index contributed by atoms with van der Waals surface area (Å²) in [5, 5.41) is 11.0. The number of nitrogens with two attached hydrogens (primary N) is 1. The third-order valence-corrected chi connectivity index (χ3v) is 6.53. The van der Waals surface area contributed by atoms with Crippen LogP contribution in [0, 0.1) is 0 Å². The van der Waals surface area contributed by atoms with Gasteiger partial charge in [-0.1, -0.05) is 78.9 Å². The number of hydrogen-bond donors (Lipinski definition) is 3. The first-order valence-corrected chi connectivity index (χ1v) is 16.5. The van der Waals surface area contributed by atoms with E-state index in [1.807, 2.05) is 72.9 Å². The van der Waals surface area contributed by atoms with E-state index in [1.165, 1.54) is 11.8 Å². The molecule has 10 heteroatoms. The number of nitrogens with one attached hydrogen (secondary N) is 1. The zero-order valence-corrected chi connectivity index (χ0v) is 28.4. The van der Waals surface area contributed by atoms with Crippen LogP contribution < -0.4 is 20.1 Å². The summed E-state index contributed by atoms with van der Waals surface area (Å²) in [6.07, 6.45) is 7.60. The number of carbonyl (C=O) groups is 1. The Morgan fingerprint density at radius 1 is 0.714 bits per heavy atom. The molecule has 4 N–H and O–H groups in total. The second kappa shape index (κ2) is 25.2. The Hall–Kier alpha value is -5.89. The number of anilines is 2. The van der Waals surface area contributed by atoms with E-state index in [-0.39, 0.29) is 12.6 Å². The van der Waals surface area contributed by atoms with Crippen molar-refractivity contribution in [3.63, 3.8) is 0 Å². The van der Waals surface area contributed by atoms with Crippen LogP contribution in [0.4, 0.5) is 11.4 Å². The first-order valence-electron chi connectivity index (χ1n) is 15.4. The van der Waals surface area contributed by atoms with Crippen LogP contribution in [0.1, 0.15) is 35.8 Å². The van der Waals surface area contributed by atoms with Gasteiger partial charge in [0, 0.05) is 52.9 Å². The van der Waals surface area contributed by atoms with Crippen LogP contribution in [-0.4, -0.2) is 28.0 Å². The Morgan fingerprint density at radius 3 is 1.53 bits per heavy atom. The van der Waals surface area contributed by atoms with E-state index in [1.54, 1.807) is 80.0 Å². The third-order valence-electron chi connectivity index (χ3n) is 5.81. The van der Waals surface area contributed by atoms with E-state index in [0.717, 1.165) is 17.7 Å². The van der Waals surface area contributed by atoms with Gasteiger partial charge in [-0.25, -0.2) is 9.05 Å². The molecule has 0 radical (unpaired) electrons. The molecule has 6 rings (SSSR count). The normalized spacial score (nSPS) is 9.78. The van der Waals surface area contributed by atoms with Crippen molar-refractivity contribution in [3.05, 3.63) is 182 Å². The Kier molecular flexibility index (Phi) is 20.2. The summed E-state index contributed by atoms with van der Waals surface area (Å²) < 4.78 is 21.7. The van der Waals surface area contributed by atoms with Gasteiger partial charge < -0.3 is 16.2 Å². The number of pyridine rings is 2. The highest BCUT2D eigenvalue weighted by Crippen LogP contribution is 2.29. The van der Waals surface area contributed by atoms with Gasteiger partial charge in [0.2, 0.25) is 0 Å². The summed E-state index contributed by atoms with van der Waals surface area (Å²) in [4.78, 5) is 17.8. The van der Waals surface area contributed by atoms with Crippen molar-refractivity contribution in [1.29, 1.82) is 0 Å². The van der Waals surface area contributed by atoms with Crippen LogP contribution in [-0.2, 0) is 4.57 Å². The number of hydrogen-bond acceptors (Lipinski definition) is 9. The number of benzene rings is 4. The first-order chi connectivity index (χ1) is 23.9. The number of aliphatic hydroxyl groups excluding tert-OH is 1. The number of nitrogen functional groups attached to an aromatic ring is 1. The molecule has 49 heavy (non-hydrogen) atoms. The summed E-state index contributed by atoms with van der Waals surface area (Å²) in [6.45, 7) is 4.06. The van der Waals surface area contributed by atoms with Crippen molar-refractivity contribution in [2.75, 3.05) is 17.7 Å². The average molecular weight is 678 g/mol. The molecular weight excluding hydrogens is 635 g/mol. The molecule has 0 aliphatic heterocycles. The zero-order valence-electron chi connectivity index (χ0n) is 27.5. The van der Waals surface area contributed by atoms with Gasteiger partial charge >= 0.3 is 8.25 Å². The van der Waals surface area contributed by atoms with E-state index in [2.05, 4.69) is 40.4 Å². The molecule has 0 bridgehead atoms. The van der Waals surface area contributed by atoms with Gasteiger partial charge in [-0.3, -0.25) is 14.8 Å². The maximum atomic E-state index is 11.5. The maximum absolute atomic E-state index is 11.5. The molecule has 1 unspecified atom stereocenters. The predicted octanol–water partition coefficient (Wildman–Crippen LogP) is 9.22. The smallest absolute Gasteiger partial charge is 0.399 e. The van der Waals surface area contributed by atoms with Crippen molar-refractivity contribution in [2.24, 2.45) is 0 Å². The predicted molar refractivity (Wildman–Crippen MR) is 198 cm³/mol. The second-order valence-corrected chi connectivity index (χ2v) is 10.5. The SMILES string of the molecule is CC(Nc1ccccc1)c1cccnc1.CCO.Nc1ccccc1.O=Cc1cccnc1.O=[P+](Oc1ccccc1)Oc1ccccc1. The maximum Gasteiger partial charge on any atom is 0.805 e. The molecule has 0 amide bonds. The Morgan fingerprint density at radius 2 is 1.16 bits per heavy atom. The lowest BCUT2D eigenvalue weighted by molar-refractivity contribution is 0.112. The standard InChI is InChI=1S/C13H14N2.C12H10O3P.C6H5NO.C6H7N.C2H6O/c1-11(12-6-5-9-14-10-12)15-13-7-3-2-4-8-13;13-16(14-11-7-3-1-4-8-11)15-12-9-5-2-6-10-12;8-5-6-2-1-3-7-4-6;7-6-4-2-1-3-5-6;1-2-3/h2-11,15H,1H3;1-10H;1-5H;1-5H,7H2;3H,2H2,1H3/q;+1;;;. The Labute approximate surface area is 289 Å². The highest BCUT2D eigenvalue weighted by atomic mass is 31.1. The van der Waals surface area contributed by atoms with Crippen LogP contribution in [0.2, 0.25) is 0 Å². The minimum Gasteiger partial charge on any atom is -0.399 e. The monoisotopic (exact) mass is 677 g/mol. The molecule has 0 aliphatic carbocycles. The Balaban J connectivity index is 0.000000232. The van der Waals surface area contributed by atoms with E-state index in [9.17, 15) is 9.36 Å². The second-order valence-electron chi connectivity index (χ2n) is 9.68. The first kappa shape index (κ1) is 39.3. The molecule has 0 saturated heterocycles. The summed E-state index contributed by atoms with van der Waals surface area (Å²) in [5.74, 6) is 1.05. The van der Waals surface area contributed by atoms with Crippen molar-refractivity contribution in [2.45, 2.75) is 19.9 Å². The number of carbonyl (C=O) groups excluding carboxylic acids is 1. The van der Waals surface area contributed by atoms with E-state index < -0.39 is 8.25 Å². The van der Waals surface area contributed by atoms with E-state index >= 15 is 0 Å². The number of aliphatic hydroxyl groups is 1. The molecule has 1 atom stereocenters. The van der Waals surface area contributed by atoms with Gasteiger partial charge in [0.1, 0.15) is 0 Å². The van der Waals surface area contributed by atoms with E-state index in [0.29, 0.717) is 17.1 Å². The number of nitrogens with zero attached hydrogens (tertiary/aromatic N) is 2. The van der Waals surface area contributed by atoms with Crippen LogP contribution in [0.5, 0.6) is 11.5 Å². The molecule has 4 aromatic carbocycles. The van der Waals surface area contributed by atoms with Crippen LogP contribution in [0.15, 0.2) is 170 Å². The lowest BCUT2D eigenvalue weighted by Crippen LogP contribution is -2.06. The molecule has 0 fully saturated rings. The molecule has 9 nitrogen and oxygen atoms in total. The molecule has 2 aromatic heterocycles. The highest BCUT2D eigenvalue weighted by Gasteiger charge is 2.23. The summed E-state index contributed by atoms with van der Waals surface area (Å²) >= 11 is 0. The third kappa shape index (κ3) is 18.7. The van der Waals surface area contributed by atoms with Crippen molar-refractivity contribution in [3.8, 4) is 11.5 Å². The lowest BCUT2D eigenvalue weighted by Gasteiger charge is -2.14. The van der Waals surface area contributed by atoms with E-state index in [4.69, 9.17) is 19.9 Å². The summed E-state index contributed by atoms with van der Waals surface area (Å²) in [6, 6.07) is 45.3. The van der Waals surface area contributed by atoms with Crippen molar-refractivity contribution in [1.82, 2.24) is 9.97 Å². The Bertz CT molecular complexity index is 1630. The molecule has 0 saturated carbocycles. The molecule has 6 aromatic rings. The van der Waals surface area contributed by atoms with Gasteiger partial charge in [-0.05, 0) is 86.1 Å². The number of aromatic nitrogens is 2. The van der Waals surface area contributed by atoms with Crippen LogP contribution >= 0.6 is 8.25 Å². The van der Waals surface area contributed by atoms with Gasteiger partial charge in [0.05, 0.1) is 6.04 Å². The summed E-state index contributed by atoms with van der Waals surface area (Å²) in [5.41, 5.74) is 9.13.